The third kappa shape index (κ3) is 4.24. The van der Waals surface area contributed by atoms with Gasteiger partial charge < -0.3 is 19.9 Å². The van der Waals surface area contributed by atoms with E-state index in [2.05, 4.69) is 36.5 Å². The predicted octanol–water partition coefficient (Wildman–Crippen LogP) is 2.55. The van der Waals surface area contributed by atoms with Crippen molar-refractivity contribution >= 4 is 12.1 Å². The van der Waals surface area contributed by atoms with Gasteiger partial charge in [-0.15, -0.1) is 0 Å². The number of carbonyl (C=O) groups excluding carboxylic acids is 2. The van der Waals surface area contributed by atoms with Crippen LogP contribution in [0.15, 0.2) is 24.3 Å². The number of likely N-dealkylation sites (tertiary alicyclic amines) is 1. The fraction of sp³-hybridized carbons (Fsp3) is 0.579. The van der Waals surface area contributed by atoms with Gasteiger partial charge in [0.25, 0.3) is 0 Å². The number of benzene rings is 1. The van der Waals surface area contributed by atoms with E-state index in [1.54, 1.807) is 16.8 Å². The van der Waals surface area contributed by atoms with Gasteiger partial charge in [0.05, 0.1) is 13.1 Å². The van der Waals surface area contributed by atoms with Crippen molar-refractivity contribution in [3.63, 3.8) is 0 Å². The van der Waals surface area contributed by atoms with Crippen molar-refractivity contribution in [1.82, 2.24) is 15.1 Å². The highest BCUT2D eigenvalue weighted by Gasteiger charge is 2.47. The molecule has 2 heterocycles. The van der Waals surface area contributed by atoms with E-state index >= 15 is 0 Å². The Bertz CT molecular complexity index is 631. The summed E-state index contributed by atoms with van der Waals surface area (Å²) in [6.45, 7) is 4.48. The molecule has 1 aromatic rings. The van der Waals surface area contributed by atoms with Crippen LogP contribution in [0.4, 0.5) is 9.59 Å². The monoisotopic (exact) mass is 345 g/mol. The number of nitrogens with zero attached hydrogens (tertiary/aromatic N) is 2. The molecule has 2 saturated heterocycles. The number of hydrogen-bond donors (Lipinski definition) is 1. The summed E-state index contributed by atoms with van der Waals surface area (Å²) >= 11 is 0. The fourth-order valence-corrected chi connectivity index (χ4v) is 3.63. The molecule has 1 spiro atoms. The van der Waals surface area contributed by atoms with Gasteiger partial charge in [0, 0.05) is 20.1 Å². The maximum atomic E-state index is 12.4. The van der Waals surface area contributed by atoms with Gasteiger partial charge in [0.15, 0.2) is 0 Å². The van der Waals surface area contributed by atoms with E-state index in [4.69, 9.17) is 4.74 Å². The van der Waals surface area contributed by atoms with Gasteiger partial charge in [-0.1, -0.05) is 29.8 Å². The molecule has 3 amide bonds. The summed E-state index contributed by atoms with van der Waals surface area (Å²) in [5.41, 5.74) is 2.02. The molecule has 1 aromatic carbocycles. The largest absolute Gasteiger partial charge is 0.439 e. The van der Waals surface area contributed by atoms with Gasteiger partial charge in [-0.3, -0.25) is 0 Å². The van der Waals surface area contributed by atoms with Crippen molar-refractivity contribution in [2.45, 2.75) is 38.2 Å². The zero-order valence-electron chi connectivity index (χ0n) is 15.1. The van der Waals surface area contributed by atoms with Crippen LogP contribution in [0, 0.1) is 6.92 Å². The summed E-state index contributed by atoms with van der Waals surface area (Å²) in [5, 5.41) is 3.00. The number of urea groups is 1. The summed E-state index contributed by atoms with van der Waals surface area (Å²) in [4.78, 5) is 27.5. The van der Waals surface area contributed by atoms with Crippen LogP contribution in [0.5, 0.6) is 0 Å². The van der Waals surface area contributed by atoms with E-state index in [9.17, 15) is 9.59 Å². The Kier molecular flexibility index (Phi) is 5.16. The van der Waals surface area contributed by atoms with Crippen molar-refractivity contribution < 1.29 is 14.3 Å². The lowest BCUT2D eigenvalue weighted by atomic mass is 9.93. The standard InChI is InChI=1S/C19H27N3O3/c1-15-6-8-16(9-7-15)5-3-11-20-17(23)22-12-4-10-19(14-22)13-21(2)18(24)25-19/h6-9H,3-5,10-14H2,1-2H3,(H,20,23)/t19-/m0/s1. The highest BCUT2D eigenvalue weighted by atomic mass is 16.6. The summed E-state index contributed by atoms with van der Waals surface area (Å²) in [7, 11) is 1.74. The van der Waals surface area contributed by atoms with Gasteiger partial charge in [0.2, 0.25) is 0 Å². The van der Waals surface area contributed by atoms with E-state index < -0.39 is 5.60 Å². The number of ether oxygens (including phenoxy) is 1. The average molecular weight is 345 g/mol. The normalized spacial score (nSPS) is 23.0. The quantitative estimate of drug-likeness (QED) is 0.853. The molecule has 0 unspecified atom stereocenters. The first-order chi connectivity index (χ1) is 12.0. The van der Waals surface area contributed by atoms with Crippen molar-refractivity contribution in [2.75, 3.05) is 33.2 Å². The average Bonchev–Trinajstić information content (AvgIpc) is 2.86. The summed E-state index contributed by atoms with van der Waals surface area (Å²) in [5.74, 6) is 0. The van der Waals surface area contributed by atoms with E-state index in [1.165, 1.54) is 11.1 Å². The molecule has 2 aliphatic rings. The lowest BCUT2D eigenvalue weighted by Gasteiger charge is -2.38. The lowest BCUT2D eigenvalue weighted by Crippen LogP contribution is -2.54. The Morgan fingerprint density at radius 1 is 1.28 bits per heavy atom. The smallest absolute Gasteiger partial charge is 0.410 e. The topological polar surface area (TPSA) is 61.9 Å². The number of amides is 3. The molecule has 6 nitrogen and oxygen atoms in total. The summed E-state index contributed by atoms with van der Waals surface area (Å²) in [6.07, 6.45) is 3.25. The third-order valence-electron chi connectivity index (χ3n) is 5.01. The number of likely N-dealkylation sites (N-methyl/N-ethyl adjacent to an activating group) is 1. The second-order valence-electron chi connectivity index (χ2n) is 7.25. The Morgan fingerprint density at radius 2 is 2.04 bits per heavy atom. The molecule has 25 heavy (non-hydrogen) atoms. The van der Waals surface area contributed by atoms with Crippen molar-refractivity contribution in [1.29, 1.82) is 0 Å². The number of piperidine rings is 1. The van der Waals surface area contributed by atoms with Crippen LogP contribution < -0.4 is 5.32 Å². The van der Waals surface area contributed by atoms with Gasteiger partial charge in [0.1, 0.15) is 5.60 Å². The van der Waals surface area contributed by atoms with Crippen LogP contribution in [0.3, 0.4) is 0 Å². The first kappa shape index (κ1) is 17.6. The molecule has 0 radical (unpaired) electrons. The van der Waals surface area contributed by atoms with Gasteiger partial charge in [-0.25, -0.2) is 9.59 Å². The van der Waals surface area contributed by atoms with Gasteiger partial charge in [-0.05, 0) is 38.2 Å². The molecule has 0 saturated carbocycles. The number of nitrogens with one attached hydrogen (secondary N) is 1. The first-order valence-corrected chi connectivity index (χ1v) is 9.00. The number of aryl methyl sites for hydroxylation is 2. The van der Waals surface area contributed by atoms with Crippen LogP contribution in [0.25, 0.3) is 0 Å². The first-order valence-electron chi connectivity index (χ1n) is 9.00. The second-order valence-corrected chi connectivity index (χ2v) is 7.25. The minimum atomic E-state index is -0.524. The second kappa shape index (κ2) is 7.33. The zero-order valence-corrected chi connectivity index (χ0v) is 15.1. The van der Waals surface area contributed by atoms with Crippen molar-refractivity contribution in [2.24, 2.45) is 0 Å². The van der Waals surface area contributed by atoms with Crippen molar-refractivity contribution in [3.8, 4) is 0 Å². The molecule has 0 aliphatic carbocycles. The Morgan fingerprint density at radius 3 is 2.72 bits per heavy atom. The number of carbonyl (C=O) groups is 2. The van der Waals surface area contributed by atoms with Crippen LogP contribution in [0.1, 0.15) is 30.4 Å². The SMILES string of the molecule is Cc1ccc(CCCNC(=O)N2CCC[C@]3(CN(C)C(=O)O3)C2)cc1. The zero-order chi connectivity index (χ0) is 17.9. The molecule has 0 aromatic heterocycles. The molecule has 1 atom stereocenters. The predicted molar refractivity (Wildman–Crippen MR) is 95.5 cm³/mol. The molecule has 2 fully saturated rings. The summed E-state index contributed by atoms with van der Waals surface area (Å²) in [6, 6.07) is 8.43. The van der Waals surface area contributed by atoms with E-state index in [0.717, 1.165) is 25.7 Å². The fourth-order valence-electron chi connectivity index (χ4n) is 3.63. The number of hydrogen-bond acceptors (Lipinski definition) is 3. The van der Waals surface area contributed by atoms with Gasteiger partial charge in [-0.2, -0.15) is 0 Å². The lowest BCUT2D eigenvalue weighted by molar-refractivity contribution is 0.00324. The van der Waals surface area contributed by atoms with Crippen LogP contribution in [-0.2, 0) is 11.2 Å². The van der Waals surface area contributed by atoms with E-state index in [-0.39, 0.29) is 12.1 Å². The molecule has 6 heteroatoms. The summed E-state index contributed by atoms with van der Waals surface area (Å²) < 4.78 is 5.54. The molecular formula is C19H27N3O3. The van der Waals surface area contributed by atoms with Crippen LogP contribution in [0.2, 0.25) is 0 Å². The van der Waals surface area contributed by atoms with Gasteiger partial charge >= 0.3 is 12.1 Å². The molecule has 2 aliphatic heterocycles. The molecular weight excluding hydrogens is 318 g/mol. The molecule has 3 rings (SSSR count). The van der Waals surface area contributed by atoms with Crippen LogP contribution in [-0.4, -0.2) is 60.8 Å². The third-order valence-corrected chi connectivity index (χ3v) is 5.01. The van der Waals surface area contributed by atoms with Crippen molar-refractivity contribution in [3.05, 3.63) is 35.4 Å². The molecule has 0 bridgehead atoms. The Hall–Kier alpha value is -2.24. The molecule has 1 N–H and O–H groups in total. The molecule has 136 valence electrons. The minimum absolute atomic E-state index is 0.0615. The van der Waals surface area contributed by atoms with Crippen LogP contribution >= 0.6 is 0 Å². The maximum Gasteiger partial charge on any atom is 0.410 e. The van der Waals surface area contributed by atoms with E-state index in [0.29, 0.717) is 26.2 Å². The van der Waals surface area contributed by atoms with E-state index in [1.807, 2.05) is 0 Å². The highest BCUT2D eigenvalue weighted by Crippen LogP contribution is 2.31. The Labute approximate surface area is 149 Å². The number of rotatable bonds is 4. The minimum Gasteiger partial charge on any atom is -0.439 e. The Balaban J connectivity index is 1.43. The highest BCUT2D eigenvalue weighted by molar-refractivity contribution is 5.75. The maximum absolute atomic E-state index is 12.4.